The average molecular weight is 197 g/mol. The van der Waals surface area contributed by atoms with Gasteiger partial charge >= 0.3 is 0 Å². The molecule has 1 aliphatic carbocycles. The van der Waals surface area contributed by atoms with Crippen molar-refractivity contribution < 1.29 is 0 Å². The van der Waals surface area contributed by atoms with E-state index in [0.717, 1.165) is 18.0 Å². The Morgan fingerprint density at radius 1 is 1.29 bits per heavy atom. The summed E-state index contributed by atoms with van der Waals surface area (Å²) in [5, 5.41) is 3.79. The maximum Gasteiger partial charge on any atom is 0.00951 e. The first kappa shape index (κ1) is 12.0. The van der Waals surface area contributed by atoms with Crippen LogP contribution < -0.4 is 5.32 Å². The molecule has 1 aliphatic rings. The summed E-state index contributed by atoms with van der Waals surface area (Å²) in [7, 11) is 0. The lowest BCUT2D eigenvalue weighted by Crippen LogP contribution is -2.37. The monoisotopic (exact) mass is 197 g/mol. The standard InChI is InChI=1S/C13H27N/c1-4-5-6-9-12(3)14-13-10-7-8-11(13)2/h11-14H,4-10H2,1-3H3. The van der Waals surface area contributed by atoms with E-state index in [4.69, 9.17) is 0 Å². The summed E-state index contributed by atoms with van der Waals surface area (Å²) in [4.78, 5) is 0. The van der Waals surface area contributed by atoms with Crippen molar-refractivity contribution >= 4 is 0 Å². The molecule has 0 aromatic rings. The highest BCUT2D eigenvalue weighted by atomic mass is 15.0. The number of hydrogen-bond donors (Lipinski definition) is 1. The lowest BCUT2D eigenvalue weighted by Gasteiger charge is -2.22. The third kappa shape index (κ3) is 4.00. The van der Waals surface area contributed by atoms with Gasteiger partial charge in [-0.15, -0.1) is 0 Å². The summed E-state index contributed by atoms with van der Waals surface area (Å²) < 4.78 is 0. The highest BCUT2D eigenvalue weighted by Crippen LogP contribution is 2.25. The molecular weight excluding hydrogens is 170 g/mol. The van der Waals surface area contributed by atoms with E-state index >= 15 is 0 Å². The van der Waals surface area contributed by atoms with Gasteiger partial charge in [0.15, 0.2) is 0 Å². The molecule has 14 heavy (non-hydrogen) atoms. The Hall–Kier alpha value is -0.0400. The lowest BCUT2D eigenvalue weighted by atomic mass is 10.0. The van der Waals surface area contributed by atoms with Crippen LogP contribution in [0.25, 0.3) is 0 Å². The van der Waals surface area contributed by atoms with Crippen molar-refractivity contribution in [2.75, 3.05) is 0 Å². The minimum atomic E-state index is 0.729. The minimum Gasteiger partial charge on any atom is -0.311 e. The SMILES string of the molecule is CCCCCC(C)NC1CCCC1C. The molecular formula is C13H27N. The summed E-state index contributed by atoms with van der Waals surface area (Å²) in [5.74, 6) is 0.906. The lowest BCUT2D eigenvalue weighted by molar-refractivity contribution is 0.366. The van der Waals surface area contributed by atoms with Crippen molar-refractivity contribution in [3.63, 3.8) is 0 Å². The molecule has 1 nitrogen and oxygen atoms in total. The molecule has 0 aromatic heterocycles. The number of hydrogen-bond acceptors (Lipinski definition) is 1. The van der Waals surface area contributed by atoms with Crippen molar-refractivity contribution in [1.29, 1.82) is 0 Å². The molecule has 3 atom stereocenters. The second-order valence-corrected chi connectivity index (χ2v) is 5.08. The largest absolute Gasteiger partial charge is 0.311 e. The molecule has 0 aromatic carbocycles. The van der Waals surface area contributed by atoms with E-state index in [2.05, 4.69) is 26.1 Å². The molecule has 3 unspecified atom stereocenters. The van der Waals surface area contributed by atoms with Gasteiger partial charge in [0.25, 0.3) is 0 Å². The van der Waals surface area contributed by atoms with Gasteiger partial charge in [0.1, 0.15) is 0 Å². The van der Waals surface area contributed by atoms with Crippen LogP contribution in [-0.4, -0.2) is 12.1 Å². The third-order valence-electron chi connectivity index (χ3n) is 3.60. The molecule has 1 rings (SSSR count). The number of unbranched alkanes of at least 4 members (excludes halogenated alkanes) is 2. The van der Waals surface area contributed by atoms with E-state index in [0.29, 0.717) is 0 Å². The average Bonchev–Trinajstić information content (AvgIpc) is 2.52. The van der Waals surface area contributed by atoms with Crippen LogP contribution in [-0.2, 0) is 0 Å². The second kappa shape index (κ2) is 6.44. The highest BCUT2D eigenvalue weighted by Gasteiger charge is 2.23. The Labute approximate surface area is 89.7 Å². The Balaban J connectivity index is 2.09. The van der Waals surface area contributed by atoms with E-state index in [9.17, 15) is 0 Å². The molecule has 1 N–H and O–H groups in total. The summed E-state index contributed by atoms with van der Waals surface area (Å²) >= 11 is 0. The molecule has 0 bridgehead atoms. The Bertz CT molecular complexity index is 144. The van der Waals surface area contributed by atoms with Crippen LogP contribution in [0.3, 0.4) is 0 Å². The molecule has 1 heteroatoms. The summed E-state index contributed by atoms with van der Waals surface area (Å²) in [6.45, 7) is 7.02. The molecule has 0 amide bonds. The third-order valence-corrected chi connectivity index (χ3v) is 3.60. The van der Waals surface area contributed by atoms with E-state index in [-0.39, 0.29) is 0 Å². The predicted octanol–water partition coefficient (Wildman–Crippen LogP) is 3.73. The van der Waals surface area contributed by atoms with Crippen LogP contribution in [0.4, 0.5) is 0 Å². The van der Waals surface area contributed by atoms with Gasteiger partial charge in [-0.05, 0) is 32.1 Å². The topological polar surface area (TPSA) is 12.0 Å². The van der Waals surface area contributed by atoms with Crippen molar-refractivity contribution in [2.24, 2.45) is 5.92 Å². The zero-order chi connectivity index (χ0) is 10.4. The first-order chi connectivity index (χ1) is 6.74. The zero-order valence-electron chi connectivity index (χ0n) is 10.2. The van der Waals surface area contributed by atoms with Crippen molar-refractivity contribution in [3.8, 4) is 0 Å². The molecule has 1 saturated carbocycles. The molecule has 0 aliphatic heterocycles. The Kier molecular flexibility index (Phi) is 5.54. The van der Waals surface area contributed by atoms with Crippen LogP contribution in [0, 0.1) is 5.92 Å². The fourth-order valence-corrected chi connectivity index (χ4v) is 2.54. The van der Waals surface area contributed by atoms with E-state index in [1.165, 1.54) is 44.9 Å². The van der Waals surface area contributed by atoms with Gasteiger partial charge in [0.2, 0.25) is 0 Å². The van der Waals surface area contributed by atoms with Crippen molar-refractivity contribution in [1.82, 2.24) is 5.32 Å². The van der Waals surface area contributed by atoms with Crippen molar-refractivity contribution in [3.05, 3.63) is 0 Å². The van der Waals surface area contributed by atoms with Gasteiger partial charge in [-0.3, -0.25) is 0 Å². The van der Waals surface area contributed by atoms with Crippen LogP contribution in [0.5, 0.6) is 0 Å². The molecule has 0 radical (unpaired) electrons. The number of rotatable bonds is 6. The fraction of sp³-hybridized carbons (Fsp3) is 1.00. The van der Waals surface area contributed by atoms with Crippen molar-refractivity contribution in [2.45, 2.75) is 77.8 Å². The van der Waals surface area contributed by atoms with E-state index < -0.39 is 0 Å². The van der Waals surface area contributed by atoms with Gasteiger partial charge < -0.3 is 5.32 Å². The summed E-state index contributed by atoms with van der Waals surface area (Å²) in [6.07, 6.45) is 9.75. The molecule has 0 saturated heterocycles. The highest BCUT2D eigenvalue weighted by molar-refractivity contribution is 4.82. The zero-order valence-corrected chi connectivity index (χ0v) is 10.2. The van der Waals surface area contributed by atoms with Gasteiger partial charge in [-0.25, -0.2) is 0 Å². The van der Waals surface area contributed by atoms with Crippen LogP contribution in [0.1, 0.15) is 65.7 Å². The number of nitrogens with one attached hydrogen (secondary N) is 1. The quantitative estimate of drug-likeness (QED) is 0.640. The smallest absolute Gasteiger partial charge is 0.00951 e. The second-order valence-electron chi connectivity index (χ2n) is 5.08. The van der Waals surface area contributed by atoms with Crippen LogP contribution >= 0.6 is 0 Å². The summed E-state index contributed by atoms with van der Waals surface area (Å²) in [6, 6.07) is 1.54. The predicted molar refractivity (Wildman–Crippen MR) is 63.5 cm³/mol. The van der Waals surface area contributed by atoms with E-state index in [1.54, 1.807) is 0 Å². The molecule has 1 fully saturated rings. The molecule has 84 valence electrons. The Morgan fingerprint density at radius 3 is 2.64 bits per heavy atom. The normalized spacial score (nSPS) is 29.4. The van der Waals surface area contributed by atoms with E-state index in [1.807, 2.05) is 0 Å². The van der Waals surface area contributed by atoms with Gasteiger partial charge in [-0.1, -0.05) is 39.5 Å². The first-order valence-corrected chi connectivity index (χ1v) is 6.50. The minimum absolute atomic E-state index is 0.729. The summed E-state index contributed by atoms with van der Waals surface area (Å²) in [5.41, 5.74) is 0. The van der Waals surface area contributed by atoms with Crippen LogP contribution in [0.2, 0.25) is 0 Å². The molecule has 0 spiro atoms. The first-order valence-electron chi connectivity index (χ1n) is 6.50. The van der Waals surface area contributed by atoms with Gasteiger partial charge in [0.05, 0.1) is 0 Å². The van der Waals surface area contributed by atoms with Gasteiger partial charge in [-0.2, -0.15) is 0 Å². The Morgan fingerprint density at radius 2 is 2.07 bits per heavy atom. The maximum absolute atomic E-state index is 3.79. The fourth-order valence-electron chi connectivity index (χ4n) is 2.54. The van der Waals surface area contributed by atoms with Crippen LogP contribution in [0.15, 0.2) is 0 Å². The van der Waals surface area contributed by atoms with Gasteiger partial charge in [0, 0.05) is 12.1 Å². The maximum atomic E-state index is 3.79. The molecule has 0 heterocycles.